The van der Waals surface area contributed by atoms with Gasteiger partial charge in [0.05, 0.1) is 0 Å². The van der Waals surface area contributed by atoms with Gasteiger partial charge in [0.1, 0.15) is 0 Å². The van der Waals surface area contributed by atoms with Gasteiger partial charge >= 0.3 is 5.97 Å². The fourth-order valence-corrected chi connectivity index (χ4v) is 7.64. The number of fused-ring (bicyclic) bond motifs is 5. The van der Waals surface area contributed by atoms with E-state index in [4.69, 9.17) is 4.74 Å². The zero-order chi connectivity index (χ0) is 20.3. The van der Waals surface area contributed by atoms with E-state index in [-0.39, 0.29) is 28.4 Å². The van der Waals surface area contributed by atoms with Crippen molar-refractivity contribution in [2.75, 3.05) is 0 Å². The Labute approximate surface area is 168 Å². The number of ether oxygens (including phenoxy) is 1. The fourth-order valence-electron chi connectivity index (χ4n) is 7.64. The molecule has 6 atom stereocenters. The van der Waals surface area contributed by atoms with Gasteiger partial charge in [-0.3, -0.25) is 14.4 Å². The van der Waals surface area contributed by atoms with Crippen LogP contribution in [0.4, 0.5) is 0 Å². The van der Waals surface area contributed by atoms with Crippen LogP contribution in [0.2, 0.25) is 0 Å². The van der Waals surface area contributed by atoms with Crippen LogP contribution in [0, 0.1) is 28.6 Å². The van der Waals surface area contributed by atoms with Gasteiger partial charge in [0.15, 0.2) is 17.2 Å². The van der Waals surface area contributed by atoms with Crippen molar-refractivity contribution in [3.05, 3.63) is 11.6 Å². The molecular formula is C24H34O4. The highest BCUT2D eigenvalue weighted by Crippen LogP contribution is 2.68. The number of allylic oxidation sites excluding steroid dienone is 1. The minimum atomic E-state index is -0.949. The van der Waals surface area contributed by atoms with E-state index in [9.17, 15) is 14.4 Å². The van der Waals surface area contributed by atoms with E-state index in [0.717, 1.165) is 38.5 Å². The van der Waals surface area contributed by atoms with Gasteiger partial charge in [0.25, 0.3) is 0 Å². The first-order chi connectivity index (χ1) is 13.2. The normalized spacial score (nSPS) is 44.8. The molecule has 3 fully saturated rings. The van der Waals surface area contributed by atoms with Gasteiger partial charge in [-0.15, -0.1) is 0 Å². The molecule has 4 rings (SSSR count). The number of esters is 1. The van der Waals surface area contributed by atoms with Gasteiger partial charge in [-0.1, -0.05) is 26.3 Å². The van der Waals surface area contributed by atoms with Gasteiger partial charge in [-0.2, -0.15) is 0 Å². The second-order valence-electron chi connectivity index (χ2n) is 10.2. The summed E-state index contributed by atoms with van der Waals surface area (Å²) in [6, 6.07) is 0. The number of Topliss-reactive ketones (excluding diaryl/α,β-unsaturated/α-hetero) is 1. The number of rotatable bonds is 3. The predicted molar refractivity (Wildman–Crippen MR) is 107 cm³/mol. The van der Waals surface area contributed by atoms with Crippen molar-refractivity contribution in [2.45, 2.75) is 91.1 Å². The maximum absolute atomic E-state index is 12.8. The summed E-state index contributed by atoms with van der Waals surface area (Å²) < 4.78 is 5.96. The molecular weight excluding hydrogens is 352 g/mol. The Bertz CT molecular complexity index is 752. The fraction of sp³-hybridized carbons (Fsp3) is 0.792. The molecule has 0 aromatic heterocycles. The Kier molecular flexibility index (Phi) is 4.63. The third kappa shape index (κ3) is 2.52. The number of hydrogen-bond acceptors (Lipinski definition) is 4. The van der Waals surface area contributed by atoms with E-state index < -0.39 is 5.60 Å². The first kappa shape index (κ1) is 19.8. The minimum absolute atomic E-state index is 0.0172. The van der Waals surface area contributed by atoms with Crippen LogP contribution in [0.5, 0.6) is 0 Å². The number of carbonyl (C=O) groups is 3. The third-order valence-corrected chi connectivity index (χ3v) is 9.23. The van der Waals surface area contributed by atoms with Crippen LogP contribution in [0.25, 0.3) is 0 Å². The highest BCUT2D eigenvalue weighted by Gasteiger charge is 2.67. The molecule has 0 aliphatic heterocycles. The molecule has 4 nitrogen and oxygen atoms in total. The van der Waals surface area contributed by atoms with Gasteiger partial charge in [0.2, 0.25) is 0 Å². The minimum Gasteiger partial charge on any atom is -0.450 e. The Morgan fingerprint density at radius 1 is 1.07 bits per heavy atom. The molecule has 0 aromatic carbocycles. The summed E-state index contributed by atoms with van der Waals surface area (Å²) in [7, 11) is 0. The molecule has 0 unspecified atom stereocenters. The Balaban J connectivity index is 1.69. The summed E-state index contributed by atoms with van der Waals surface area (Å²) in [6.07, 6.45) is 9.56. The summed E-state index contributed by atoms with van der Waals surface area (Å²) in [5.41, 5.74) is 0.267. The summed E-state index contributed by atoms with van der Waals surface area (Å²) in [5.74, 6) is 1.58. The van der Waals surface area contributed by atoms with Crippen molar-refractivity contribution in [1.82, 2.24) is 0 Å². The molecule has 154 valence electrons. The SMILES string of the molecule is CCC(=O)O[C@@]1(C(C)=O)CC[C@H]2[C@@H]3CCC4=CC(=O)CC[C@]4(C)[C@H]3CC[C@@]21C. The van der Waals surface area contributed by atoms with Crippen molar-refractivity contribution < 1.29 is 19.1 Å². The van der Waals surface area contributed by atoms with Crippen LogP contribution in [0.3, 0.4) is 0 Å². The first-order valence-electron chi connectivity index (χ1n) is 11.1. The lowest BCUT2D eigenvalue weighted by molar-refractivity contribution is -0.188. The molecule has 4 aliphatic carbocycles. The third-order valence-electron chi connectivity index (χ3n) is 9.23. The molecule has 0 heterocycles. The molecule has 0 radical (unpaired) electrons. The summed E-state index contributed by atoms with van der Waals surface area (Å²) in [5, 5.41) is 0. The molecule has 28 heavy (non-hydrogen) atoms. The van der Waals surface area contributed by atoms with E-state index in [1.54, 1.807) is 13.8 Å². The average Bonchev–Trinajstić information content (AvgIpc) is 2.95. The van der Waals surface area contributed by atoms with Crippen LogP contribution < -0.4 is 0 Å². The molecule has 0 saturated heterocycles. The second-order valence-corrected chi connectivity index (χ2v) is 10.2. The largest absolute Gasteiger partial charge is 0.450 e. The molecule has 0 N–H and O–H groups in total. The van der Waals surface area contributed by atoms with Crippen molar-refractivity contribution in [1.29, 1.82) is 0 Å². The Morgan fingerprint density at radius 2 is 1.79 bits per heavy atom. The van der Waals surface area contributed by atoms with Crippen molar-refractivity contribution in [3.63, 3.8) is 0 Å². The van der Waals surface area contributed by atoms with E-state index in [1.807, 2.05) is 6.08 Å². The standard InChI is InChI=1S/C24H34O4/c1-5-21(27)28-24(15(2)25)13-10-20-18-7-6-16-14-17(26)8-11-22(16,3)19(18)9-12-23(20,24)4/h14,18-20H,5-13H2,1-4H3/t18-,19+,20+,22+,23+,24-/m1/s1. The predicted octanol–water partition coefficient (Wildman–Crippen LogP) is 4.80. The molecule has 4 aliphatic rings. The molecule has 0 aromatic rings. The number of carbonyl (C=O) groups excluding carboxylic acids is 3. The Hall–Kier alpha value is -1.45. The monoisotopic (exact) mass is 386 g/mol. The topological polar surface area (TPSA) is 60.4 Å². The van der Waals surface area contributed by atoms with Crippen LogP contribution in [-0.4, -0.2) is 23.1 Å². The molecule has 0 bridgehead atoms. The van der Waals surface area contributed by atoms with Crippen molar-refractivity contribution in [2.24, 2.45) is 28.6 Å². The van der Waals surface area contributed by atoms with E-state index in [0.29, 0.717) is 37.0 Å². The molecule has 4 heteroatoms. The van der Waals surface area contributed by atoms with Crippen LogP contribution in [-0.2, 0) is 19.1 Å². The van der Waals surface area contributed by atoms with Crippen LogP contribution >= 0.6 is 0 Å². The lowest BCUT2D eigenvalue weighted by Gasteiger charge is -2.59. The smallest absolute Gasteiger partial charge is 0.306 e. The molecule has 3 saturated carbocycles. The summed E-state index contributed by atoms with van der Waals surface area (Å²) >= 11 is 0. The van der Waals surface area contributed by atoms with Gasteiger partial charge < -0.3 is 4.74 Å². The first-order valence-corrected chi connectivity index (χ1v) is 11.1. The maximum atomic E-state index is 12.8. The number of hydrogen-bond donors (Lipinski definition) is 0. The van der Waals surface area contributed by atoms with Crippen LogP contribution in [0.1, 0.15) is 85.5 Å². The molecule has 0 spiro atoms. The van der Waals surface area contributed by atoms with E-state index >= 15 is 0 Å². The van der Waals surface area contributed by atoms with Gasteiger partial charge in [-0.05, 0) is 81.1 Å². The molecule has 0 amide bonds. The lowest BCUT2D eigenvalue weighted by atomic mass is 9.46. The van der Waals surface area contributed by atoms with Crippen molar-refractivity contribution in [3.8, 4) is 0 Å². The van der Waals surface area contributed by atoms with Crippen LogP contribution in [0.15, 0.2) is 11.6 Å². The number of ketones is 2. The highest BCUT2D eigenvalue weighted by molar-refractivity contribution is 5.91. The van der Waals surface area contributed by atoms with E-state index in [1.165, 1.54) is 5.57 Å². The zero-order valence-corrected chi connectivity index (χ0v) is 17.8. The maximum Gasteiger partial charge on any atom is 0.306 e. The van der Waals surface area contributed by atoms with Crippen molar-refractivity contribution >= 4 is 17.5 Å². The average molecular weight is 387 g/mol. The Morgan fingerprint density at radius 3 is 2.46 bits per heavy atom. The second kappa shape index (κ2) is 6.53. The van der Waals surface area contributed by atoms with Gasteiger partial charge in [-0.25, -0.2) is 0 Å². The zero-order valence-electron chi connectivity index (χ0n) is 17.8. The van der Waals surface area contributed by atoms with Gasteiger partial charge in [0, 0.05) is 18.3 Å². The lowest BCUT2D eigenvalue weighted by Crippen LogP contribution is -2.58. The van der Waals surface area contributed by atoms with E-state index in [2.05, 4.69) is 13.8 Å². The quantitative estimate of drug-likeness (QED) is 0.654. The summed E-state index contributed by atoms with van der Waals surface area (Å²) in [4.78, 5) is 37.1. The summed E-state index contributed by atoms with van der Waals surface area (Å²) in [6.45, 7) is 7.98. The highest BCUT2D eigenvalue weighted by atomic mass is 16.6.